The van der Waals surface area contributed by atoms with Crippen LogP contribution in [0, 0.1) is 6.92 Å². The Morgan fingerprint density at radius 1 is 1.15 bits per heavy atom. The topological polar surface area (TPSA) is 64.7 Å². The molecule has 0 aromatic heterocycles. The van der Waals surface area contributed by atoms with Crippen LogP contribution in [0.15, 0.2) is 24.3 Å². The number of nitrogens with zero attached hydrogens (tertiary/aromatic N) is 2. The number of amides is 2. The van der Waals surface area contributed by atoms with Crippen LogP contribution in [0.1, 0.15) is 31.4 Å². The molecule has 26 heavy (non-hydrogen) atoms. The van der Waals surface area contributed by atoms with Gasteiger partial charge in [-0.25, -0.2) is 0 Å². The third kappa shape index (κ3) is 6.77. The van der Waals surface area contributed by atoms with Gasteiger partial charge in [-0.15, -0.1) is 0 Å². The van der Waals surface area contributed by atoms with Gasteiger partial charge in [-0.05, 0) is 25.8 Å². The fourth-order valence-corrected chi connectivity index (χ4v) is 3.13. The highest BCUT2D eigenvalue weighted by Gasteiger charge is 2.21. The summed E-state index contributed by atoms with van der Waals surface area (Å²) in [6, 6.07) is 8.12. The third-order valence-electron chi connectivity index (χ3n) is 4.64. The molecule has 0 aliphatic carbocycles. The standard InChI is InChI=1S/C20H32N4O2/c1-4-8-21-20(26)17(3)22-19(25)15-24-11-9-23(10-12-24)14-18-7-5-6-16(2)13-18/h5-7,13,17H,4,8-12,14-15H2,1-3H3,(H,21,26)(H,22,25)/t17-/m0/s1. The van der Waals surface area contributed by atoms with E-state index in [1.165, 1.54) is 11.1 Å². The highest BCUT2D eigenvalue weighted by Crippen LogP contribution is 2.10. The van der Waals surface area contributed by atoms with Crippen molar-refractivity contribution in [1.29, 1.82) is 0 Å². The van der Waals surface area contributed by atoms with Crippen LogP contribution >= 0.6 is 0 Å². The molecule has 0 saturated carbocycles. The third-order valence-corrected chi connectivity index (χ3v) is 4.64. The number of carbonyl (C=O) groups excluding carboxylic acids is 2. The molecule has 1 aromatic carbocycles. The number of hydrogen-bond acceptors (Lipinski definition) is 4. The van der Waals surface area contributed by atoms with Gasteiger partial charge in [-0.3, -0.25) is 19.4 Å². The Bertz CT molecular complexity index is 597. The highest BCUT2D eigenvalue weighted by atomic mass is 16.2. The molecule has 1 aliphatic heterocycles. The molecule has 0 unspecified atom stereocenters. The minimum atomic E-state index is -0.489. The Morgan fingerprint density at radius 2 is 1.85 bits per heavy atom. The molecule has 1 atom stereocenters. The molecular formula is C20H32N4O2. The van der Waals surface area contributed by atoms with Crippen LogP contribution in [0.3, 0.4) is 0 Å². The first-order valence-corrected chi connectivity index (χ1v) is 9.55. The van der Waals surface area contributed by atoms with E-state index >= 15 is 0 Å². The fraction of sp³-hybridized carbons (Fsp3) is 0.600. The van der Waals surface area contributed by atoms with Gasteiger partial charge in [-0.1, -0.05) is 36.8 Å². The highest BCUT2D eigenvalue weighted by molar-refractivity contribution is 5.87. The van der Waals surface area contributed by atoms with Crippen LogP contribution < -0.4 is 10.6 Å². The SMILES string of the molecule is CCCNC(=O)[C@H](C)NC(=O)CN1CCN(Cc2cccc(C)c2)CC1. The van der Waals surface area contributed by atoms with E-state index in [-0.39, 0.29) is 11.8 Å². The van der Waals surface area contributed by atoms with Crippen molar-refractivity contribution in [1.82, 2.24) is 20.4 Å². The number of rotatable bonds is 8. The van der Waals surface area contributed by atoms with Crippen LogP contribution in [-0.4, -0.2) is 66.9 Å². The molecule has 1 heterocycles. The second-order valence-corrected chi connectivity index (χ2v) is 7.12. The fourth-order valence-electron chi connectivity index (χ4n) is 3.13. The van der Waals surface area contributed by atoms with E-state index in [2.05, 4.69) is 51.6 Å². The number of benzene rings is 1. The zero-order chi connectivity index (χ0) is 18.9. The summed E-state index contributed by atoms with van der Waals surface area (Å²) in [5.74, 6) is -0.209. The predicted molar refractivity (Wildman–Crippen MR) is 104 cm³/mol. The van der Waals surface area contributed by atoms with Gasteiger partial charge in [0.25, 0.3) is 0 Å². The largest absolute Gasteiger partial charge is 0.354 e. The molecule has 1 aromatic rings. The first kappa shape index (κ1) is 20.4. The molecule has 6 nitrogen and oxygen atoms in total. The predicted octanol–water partition coefficient (Wildman–Crippen LogP) is 1.14. The van der Waals surface area contributed by atoms with Crippen molar-refractivity contribution >= 4 is 11.8 Å². The summed E-state index contributed by atoms with van der Waals surface area (Å²) in [7, 11) is 0. The van der Waals surface area contributed by atoms with E-state index in [0.717, 1.165) is 39.1 Å². The second kappa shape index (κ2) is 10.3. The lowest BCUT2D eigenvalue weighted by atomic mass is 10.1. The Morgan fingerprint density at radius 3 is 2.50 bits per heavy atom. The van der Waals surface area contributed by atoms with Gasteiger partial charge in [0.1, 0.15) is 6.04 Å². The number of piperazine rings is 1. The van der Waals surface area contributed by atoms with E-state index in [1.54, 1.807) is 6.92 Å². The van der Waals surface area contributed by atoms with Crippen LogP contribution in [0.5, 0.6) is 0 Å². The Labute approximate surface area is 156 Å². The number of hydrogen-bond donors (Lipinski definition) is 2. The Hall–Kier alpha value is -1.92. The number of nitrogens with one attached hydrogen (secondary N) is 2. The summed E-state index contributed by atoms with van der Waals surface area (Å²) in [6.07, 6.45) is 0.888. The molecule has 2 N–H and O–H groups in total. The number of carbonyl (C=O) groups is 2. The van der Waals surface area contributed by atoms with Crippen molar-refractivity contribution in [2.24, 2.45) is 0 Å². The second-order valence-electron chi connectivity index (χ2n) is 7.12. The van der Waals surface area contributed by atoms with Gasteiger partial charge in [0.05, 0.1) is 6.54 Å². The maximum Gasteiger partial charge on any atom is 0.242 e. The summed E-state index contributed by atoms with van der Waals surface area (Å²) in [5, 5.41) is 5.59. The molecule has 0 bridgehead atoms. The average molecular weight is 361 g/mol. The molecule has 6 heteroatoms. The van der Waals surface area contributed by atoms with Crippen LogP contribution in [0.2, 0.25) is 0 Å². The average Bonchev–Trinajstić information content (AvgIpc) is 2.61. The van der Waals surface area contributed by atoms with E-state index in [1.807, 2.05) is 6.92 Å². The molecule has 0 radical (unpaired) electrons. The molecule has 144 valence electrons. The van der Waals surface area contributed by atoms with Gasteiger partial charge >= 0.3 is 0 Å². The Balaban J connectivity index is 1.69. The van der Waals surface area contributed by atoms with Crippen LogP contribution in [0.25, 0.3) is 0 Å². The summed E-state index contributed by atoms with van der Waals surface area (Å²) < 4.78 is 0. The first-order chi connectivity index (χ1) is 12.5. The Kier molecular flexibility index (Phi) is 8.06. The van der Waals surface area contributed by atoms with E-state index in [0.29, 0.717) is 13.1 Å². The summed E-state index contributed by atoms with van der Waals surface area (Å²) in [6.45, 7) is 11.4. The van der Waals surface area contributed by atoms with Crippen LogP contribution in [0.4, 0.5) is 0 Å². The van der Waals surface area contributed by atoms with Crippen molar-refractivity contribution in [2.75, 3.05) is 39.3 Å². The van der Waals surface area contributed by atoms with Gasteiger partial charge < -0.3 is 10.6 Å². The molecular weight excluding hydrogens is 328 g/mol. The minimum absolute atomic E-state index is 0.0868. The quantitative estimate of drug-likeness (QED) is 0.730. The minimum Gasteiger partial charge on any atom is -0.354 e. The smallest absolute Gasteiger partial charge is 0.242 e. The molecule has 2 rings (SSSR count). The van der Waals surface area contributed by atoms with Crippen molar-refractivity contribution in [3.05, 3.63) is 35.4 Å². The van der Waals surface area contributed by atoms with Gasteiger partial charge in [0.2, 0.25) is 11.8 Å². The van der Waals surface area contributed by atoms with Crippen molar-refractivity contribution in [3.8, 4) is 0 Å². The summed E-state index contributed by atoms with van der Waals surface area (Å²) in [4.78, 5) is 28.6. The zero-order valence-corrected chi connectivity index (χ0v) is 16.3. The molecule has 2 amide bonds. The zero-order valence-electron chi connectivity index (χ0n) is 16.3. The monoisotopic (exact) mass is 360 g/mol. The molecule has 1 fully saturated rings. The van der Waals surface area contributed by atoms with Crippen molar-refractivity contribution in [2.45, 2.75) is 39.8 Å². The maximum atomic E-state index is 12.2. The maximum absolute atomic E-state index is 12.2. The van der Waals surface area contributed by atoms with Gasteiger partial charge in [-0.2, -0.15) is 0 Å². The van der Waals surface area contributed by atoms with Gasteiger partial charge in [0, 0.05) is 39.3 Å². The number of aryl methyl sites for hydroxylation is 1. The first-order valence-electron chi connectivity index (χ1n) is 9.55. The summed E-state index contributed by atoms with van der Waals surface area (Å²) in [5.41, 5.74) is 2.62. The van der Waals surface area contributed by atoms with E-state index in [9.17, 15) is 9.59 Å². The van der Waals surface area contributed by atoms with Crippen molar-refractivity contribution in [3.63, 3.8) is 0 Å². The molecule has 1 aliphatic rings. The lowest BCUT2D eigenvalue weighted by Gasteiger charge is -2.34. The van der Waals surface area contributed by atoms with E-state index < -0.39 is 6.04 Å². The van der Waals surface area contributed by atoms with Crippen LogP contribution in [-0.2, 0) is 16.1 Å². The summed E-state index contributed by atoms with van der Waals surface area (Å²) >= 11 is 0. The van der Waals surface area contributed by atoms with Gasteiger partial charge in [0.15, 0.2) is 0 Å². The molecule has 0 spiro atoms. The normalized spacial score (nSPS) is 16.9. The van der Waals surface area contributed by atoms with E-state index in [4.69, 9.17) is 0 Å². The lowest BCUT2D eigenvalue weighted by molar-refractivity contribution is -0.129. The van der Waals surface area contributed by atoms with Crippen molar-refractivity contribution < 1.29 is 9.59 Å². The molecule has 1 saturated heterocycles. The lowest BCUT2D eigenvalue weighted by Crippen LogP contribution is -2.52.